The maximum atomic E-state index is 12.9. The number of ether oxygens (including phenoxy) is 4. The van der Waals surface area contributed by atoms with Gasteiger partial charge >= 0.3 is 11.9 Å². The van der Waals surface area contributed by atoms with Crippen LogP contribution in [0.5, 0.6) is 0 Å². The van der Waals surface area contributed by atoms with Crippen molar-refractivity contribution in [3.8, 4) is 0 Å². The molecule has 0 aliphatic carbocycles. The van der Waals surface area contributed by atoms with Crippen molar-refractivity contribution < 1.29 is 42.9 Å². The average Bonchev–Trinajstić information content (AvgIpc) is 3.40. The summed E-state index contributed by atoms with van der Waals surface area (Å²) in [6, 6.07) is 0. The van der Waals surface area contributed by atoms with E-state index in [1.165, 1.54) is 186 Å². The van der Waals surface area contributed by atoms with Gasteiger partial charge in [-0.3, -0.25) is 9.59 Å². The molecule has 0 N–H and O–H groups in total. The largest absolute Gasteiger partial charge is 0.545 e. The van der Waals surface area contributed by atoms with Crippen LogP contribution in [0.3, 0.4) is 0 Å². The van der Waals surface area contributed by atoms with Crippen LogP contribution in [0, 0.1) is 0 Å². The number of carbonyl (C=O) groups excluding carboxylic acids is 3. The predicted molar refractivity (Wildman–Crippen MR) is 325 cm³/mol. The highest BCUT2D eigenvalue weighted by molar-refractivity contribution is 5.70. The minimum absolute atomic E-state index is 0.147. The van der Waals surface area contributed by atoms with Crippen LogP contribution >= 0.6 is 0 Å². The van der Waals surface area contributed by atoms with Crippen LogP contribution < -0.4 is 5.11 Å². The van der Waals surface area contributed by atoms with Crippen LogP contribution in [0.2, 0.25) is 0 Å². The molecular formula is C68H123NO8. The van der Waals surface area contributed by atoms with Crippen molar-refractivity contribution in [2.45, 2.75) is 309 Å². The third-order valence-electron chi connectivity index (χ3n) is 14.3. The van der Waals surface area contributed by atoms with Gasteiger partial charge in [0, 0.05) is 12.8 Å². The van der Waals surface area contributed by atoms with E-state index >= 15 is 0 Å². The second-order valence-corrected chi connectivity index (χ2v) is 23.0. The van der Waals surface area contributed by atoms with E-state index in [1.807, 2.05) is 21.1 Å². The van der Waals surface area contributed by atoms with Gasteiger partial charge in [-0.05, 0) is 57.8 Å². The van der Waals surface area contributed by atoms with E-state index in [1.54, 1.807) is 0 Å². The van der Waals surface area contributed by atoms with E-state index in [0.29, 0.717) is 23.9 Å². The molecule has 0 fully saturated rings. The maximum Gasteiger partial charge on any atom is 0.306 e. The molecule has 77 heavy (non-hydrogen) atoms. The van der Waals surface area contributed by atoms with Crippen molar-refractivity contribution in [1.82, 2.24) is 0 Å². The first-order valence-corrected chi connectivity index (χ1v) is 32.4. The number of nitrogens with zero attached hydrogens (tertiary/aromatic N) is 1. The number of rotatable bonds is 60. The van der Waals surface area contributed by atoms with Crippen LogP contribution in [0.25, 0.3) is 0 Å². The fraction of sp³-hybridized carbons (Fsp3) is 0.809. The summed E-state index contributed by atoms with van der Waals surface area (Å²) in [5.74, 6) is -2.27. The standard InChI is InChI=1S/C68H123NO8/c1-6-8-10-12-14-16-18-20-22-24-26-28-30-32-33-35-37-39-41-43-45-47-49-51-53-55-57-59-66(71)77-64(63-76-68(67(72)73)74-61-60-69(3,4)5)62-75-65(70)58-56-54-52-50-48-46-44-42-40-38-36-34-31-29-27-25-23-21-19-17-15-13-11-9-7-2/h8,10,14,16,20,22,26,28,32-33,64,68H,6-7,9,11-13,15,17-19,21,23-25,27,29-31,34-63H2,1-5H3/b10-8-,16-14-,22-20-,28-26-,33-32-. The number of likely N-dealkylation sites (N-methyl/N-ethyl adjacent to an activating group) is 1. The van der Waals surface area contributed by atoms with E-state index in [-0.39, 0.29) is 32.2 Å². The SMILES string of the molecule is CC/C=C\C/C=C\C/C=C\C/C=C\C/C=C\CCCCCCCCCCCCCC(=O)OC(COC(=O)CCCCCCCCCCCCCCCCCCCCCCCCCCC)COC(OCC[N+](C)(C)C)C(=O)[O-]. The molecule has 0 saturated heterocycles. The highest BCUT2D eigenvalue weighted by Crippen LogP contribution is 2.18. The summed E-state index contributed by atoms with van der Waals surface area (Å²) in [6.07, 6.45) is 72.8. The minimum atomic E-state index is -1.62. The molecule has 0 saturated carbocycles. The highest BCUT2D eigenvalue weighted by atomic mass is 16.7. The predicted octanol–water partition coefficient (Wildman–Crippen LogP) is 18.2. The molecule has 2 atom stereocenters. The van der Waals surface area contributed by atoms with Crippen LogP contribution in [0.4, 0.5) is 0 Å². The minimum Gasteiger partial charge on any atom is -0.545 e. The van der Waals surface area contributed by atoms with Gasteiger partial charge in [-0.1, -0.05) is 286 Å². The molecule has 0 rings (SSSR count). The Morgan fingerprint density at radius 3 is 1.10 bits per heavy atom. The second kappa shape index (κ2) is 59.1. The number of allylic oxidation sites excluding steroid dienone is 10. The monoisotopic (exact) mass is 1080 g/mol. The number of hydrogen-bond acceptors (Lipinski definition) is 8. The molecule has 448 valence electrons. The number of carboxylic acid groups (broad SMARTS) is 1. The molecule has 0 aromatic rings. The van der Waals surface area contributed by atoms with Crippen molar-refractivity contribution in [2.75, 3.05) is 47.5 Å². The van der Waals surface area contributed by atoms with E-state index in [9.17, 15) is 19.5 Å². The topological polar surface area (TPSA) is 111 Å². The molecule has 9 nitrogen and oxygen atoms in total. The zero-order valence-electron chi connectivity index (χ0n) is 51.1. The van der Waals surface area contributed by atoms with Gasteiger partial charge in [0.25, 0.3) is 0 Å². The van der Waals surface area contributed by atoms with E-state index in [4.69, 9.17) is 18.9 Å². The Hall–Kier alpha value is -3.01. The fourth-order valence-corrected chi connectivity index (χ4v) is 9.33. The molecule has 9 heteroatoms. The first kappa shape index (κ1) is 74.0. The molecule has 0 spiro atoms. The summed E-state index contributed by atoms with van der Waals surface area (Å²) in [4.78, 5) is 37.4. The van der Waals surface area contributed by atoms with Gasteiger partial charge in [0.05, 0.1) is 40.3 Å². The first-order valence-electron chi connectivity index (χ1n) is 32.4. The summed E-state index contributed by atoms with van der Waals surface area (Å²) in [6.45, 7) is 4.68. The summed E-state index contributed by atoms with van der Waals surface area (Å²) < 4.78 is 22.8. The zero-order valence-corrected chi connectivity index (χ0v) is 51.1. The van der Waals surface area contributed by atoms with Gasteiger partial charge in [-0.2, -0.15) is 0 Å². The molecule has 0 aromatic carbocycles. The lowest BCUT2D eigenvalue weighted by molar-refractivity contribution is -0.870. The van der Waals surface area contributed by atoms with Crippen LogP contribution in [-0.2, 0) is 33.3 Å². The molecule has 2 unspecified atom stereocenters. The lowest BCUT2D eigenvalue weighted by atomic mass is 10.0. The highest BCUT2D eigenvalue weighted by Gasteiger charge is 2.22. The number of carboxylic acids is 1. The van der Waals surface area contributed by atoms with Gasteiger partial charge in [-0.15, -0.1) is 0 Å². The van der Waals surface area contributed by atoms with Gasteiger partial charge in [0.15, 0.2) is 12.4 Å². The molecular weight excluding hydrogens is 959 g/mol. The number of esters is 2. The Kier molecular flexibility index (Phi) is 56.8. The molecule has 0 aliphatic rings. The normalized spacial score (nSPS) is 13.1. The molecule has 0 bridgehead atoms. The van der Waals surface area contributed by atoms with Gasteiger partial charge in [0.1, 0.15) is 13.2 Å². The lowest BCUT2D eigenvalue weighted by Gasteiger charge is -2.26. The smallest absolute Gasteiger partial charge is 0.306 e. The van der Waals surface area contributed by atoms with Gasteiger partial charge < -0.3 is 33.3 Å². The van der Waals surface area contributed by atoms with Crippen molar-refractivity contribution in [1.29, 1.82) is 0 Å². The Morgan fingerprint density at radius 2 is 0.740 bits per heavy atom. The van der Waals surface area contributed by atoms with E-state index in [2.05, 4.69) is 74.6 Å². The Balaban J connectivity index is 4.16. The van der Waals surface area contributed by atoms with Crippen molar-refractivity contribution in [2.24, 2.45) is 0 Å². The average molecular weight is 1080 g/mol. The van der Waals surface area contributed by atoms with Crippen LogP contribution in [0.1, 0.15) is 296 Å². The first-order chi connectivity index (χ1) is 37.6. The van der Waals surface area contributed by atoms with Gasteiger partial charge in [-0.25, -0.2) is 0 Å². The van der Waals surface area contributed by atoms with E-state index in [0.717, 1.165) is 77.0 Å². The maximum absolute atomic E-state index is 12.9. The van der Waals surface area contributed by atoms with E-state index < -0.39 is 24.3 Å². The third kappa shape index (κ3) is 60.5. The quantitative estimate of drug-likeness (QED) is 0.0195. The summed E-state index contributed by atoms with van der Waals surface area (Å²) in [7, 11) is 5.93. The molecule has 0 aromatic heterocycles. The Bertz CT molecular complexity index is 1450. The molecule has 0 heterocycles. The lowest BCUT2D eigenvalue weighted by Crippen LogP contribution is -2.44. The van der Waals surface area contributed by atoms with Crippen molar-refractivity contribution in [3.05, 3.63) is 60.8 Å². The summed E-state index contributed by atoms with van der Waals surface area (Å²) in [5, 5.41) is 11.8. The number of unbranched alkanes of at least 4 members (excludes halogenated alkanes) is 35. The van der Waals surface area contributed by atoms with Gasteiger partial charge in [0.2, 0.25) is 0 Å². The van der Waals surface area contributed by atoms with Crippen molar-refractivity contribution >= 4 is 17.9 Å². The summed E-state index contributed by atoms with van der Waals surface area (Å²) >= 11 is 0. The van der Waals surface area contributed by atoms with Crippen LogP contribution in [-0.4, -0.2) is 82.3 Å². The molecule has 0 aliphatic heterocycles. The zero-order chi connectivity index (χ0) is 56.2. The number of hydrogen-bond donors (Lipinski definition) is 0. The molecule has 0 amide bonds. The van der Waals surface area contributed by atoms with Crippen LogP contribution in [0.15, 0.2) is 60.8 Å². The van der Waals surface area contributed by atoms with Crippen molar-refractivity contribution in [3.63, 3.8) is 0 Å². The number of carbonyl (C=O) groups is 3. The number of quaternary nitrogens is 1. The number of aliphatic carboxylic acids is 1. The summed E-state index contributed by atoms with van der Waals surface area (Å²) in [5.41, 5.74) is 0. The Labute approximate surface area is 475 Å². The third-order valence-corrected chi connectivity index (χ3v) is 14.3. The molecule has 0 radical (unpaired) electrons. The second-order valence-electron chi connectivity index (χ2n) is 23.0. The fourth-order valence-electron chi connectivity index (χ4n) is 9.33. The Morgan fingerprint density at radius 1 is 0.403 bits per heavy atom.